The van der Waals surface area contributed by atoms with Gasteiger partial charge >= 0.3 is 0 Å². The van der Waals surface area contributed by atoms with Crippen LogP contribution in [0.4, 0.5) is 0 Å². The number of rotatable bonds is 5. The first-order valence-electron chi connectivity index (χ1n) is 9.42. The van der Waals surface area contributed by atoms with Crippen molar-refractivity contribution in [3.05, 3.63) is 24.2 Å². The molecule has 1 saturated heterocycles. The van der Waals surface area contributed by atoms with Gasteiger partial charge in [0.25, 0.3) is 5.91 Å². The van der Waals surface area contributed by atoms with Crippen molar-refractivity contribution in [3.8, 4) is 0 Å². The SMILES string of the molecule is CCO[C@@H]1C[C@@H](NC(=O)[C@@H]2CCCN2C(=O)c2ccco2)C12CCC2. The lowest BCUT2D eigenvalue weighted by molar-refractivity contribution is -0.176. The van der Waals surface area contributed by atoms with Crippen LogP contribution >= 0.6 is 0 Å². The summed E-state index contributed by atoms with van der Waals surface area (Å²) < 4.78 is 11.1. The molecule has 0 radical (unpaired) electrons. The molecule has 4 rings (SSSR count). The molecule has 0 bridgehead atoms. The predicted molar refractivity (Wildman–Crippen MR) is 91.0 cm³/mol. The van der Waals surface area contributed by atoms with E-state index in [9.17, 15) is 9.59 Å². The molecule has 1 aliphatic heterocycles. The van der Waals surface area contributed by atoms with Gasteiger partial charge in [-0.3, -0.25) is 9.59 Å². The third kappa shape index (κ3) is 2.67. The predicted octanol–water partition coefficient (Wildman–Crippen LogP) is 2.35. The molecule has 1 aromatic rings. The highest BCUT2D eigenvalue weighted by Crippen LogP contribution is 2.57. The van der Waals surface area contributed by atoms with Gasteiger partial charge in [-0.15, -0.1) is 0 Å². The zero-order chi connectivity index (χ0) is 17.4. The largest absolute Gasteiger partial charge is 0.459 e. The summed E-state index contributed by atoms with van der Waals surface area (Å²) in [6.07, 6.45) is 7.68. The summed E-state index contributed by atoms with van der Waals surface area (Å²) in [5.41, 5.74) is 0.139. The average Bonchev–Trinajstić information content (AvgIpc) is 3.22. The molecular weight excluding hydrogens is 320 g/mol. The van der Waals surface area contributed by atoms with Crippen molar-refractivity contribution in [1.82, 2.24) is 10.2 Å². The molecule has 3 atom stereocenters. The maximum Gasteiger partial charge on any atom is 0.290 e. The van der Waals surface area contributed by atoms with Gasteiger partial charge in [-0.05, 0) is 51.2 Å². The molecule has 1 aromatic heterocycles. The summed E-state index contributed by atoms with van der Waals surface area (Å²) >= 11 is 0. The van der Waals surface area contributed by atoms with Crippen LogP contribution in [0.15, 0.2) is 22.8 Å². The minimum absolute atomic E-state index is 0.0244. The summed E-state index contributed by atoms with van der Waals surface area (Å²) in [7, 11) is 0. The van der Waals surface area contributed by atoms with Gasteiger partial charge in [0.1, 0.15) is 6.04 Å². The van der Waals surface area contributed by atoms with E-state index < -0.39 is 0 Å². The van der Waals surface area contributed by atoms with E-state index in [1.807, 2.05) is 6.92 Å². The van der Waals surface area contributed by atoms with Gasteiger partial charge in [0.15, 0.2) is 5.76 Å². The molecule has 136 valence electrons. The first kappa shape index (κ1) is 16.6. The summed E-state index contributed by atoms with van der Waals surface area (Å²) in [4.78, 5) is 27.1. The number of ether oxygens (including phenoxy) is 1. The van der Waals surface area contributed by atoms with Gasteiger partial charge in [0.05, 0.1) is 12.4 Å². The van der Waals surface area contributed by atoms with E-state index in [-0.39, 0.29) is 35.4 Å². The van der Waals surface area contributed by atoms with E-state index in [1.165, 1.54) is 12.7 Å². The Labute approximate surface area is 147 Å². The number of nitrogens with zero attached hydrogens (tertiary/aromatic N) is 1. The number of nitrogens with one attached hydrogen (secondary N) is 1. The molecule has 2 saturated carbocycles. The Hall–Kier alpha value is -1.82. The number of likely N-dealkylation sites (tertiary alicyclic amines) is 1. The molecular formula is C19H26N2O4. The summed E-state index contributed by atoms with van der Waals surface area (Å²) in [6.45, 7) is 3.35. The Morgan fingerprint density at radius 1 is 1.40 bits per heavy atom. The number of furan rings is 1. The lowest BCUT2D eigenvalue weighted by atomic mass is 9.51. The molecule has 2 aliphatic carbocycles. The smallest absolute Gasteiger partial charge is 0.290 e. The lowest BCUT2D eigenvalue weighted by Gasteiger charge is -2.61. The molecule has 0 aromatic carbocycles. The minimum atomic E-state index is -0.388. The van der Waals surface area contributed by atoms with Gasteiger partial charge in [0.2, 0.25) is 5.91 Å². The zero-order valence-electron chi connectivity index (χ0n) is 14.7. The fraction of sp³-hybridized carbons (Fsp3) is 0.684. The Kier molecular flexibility index (Phi) is 4.31. The van der Waals surface area contributed by atoms with Crippen molar-refractivity contribution in [1.29, 1.82) is 0 Å². The number of carbonyl (C=O) groups excluding carboxylic acids is 2. The van der Waals surface area contributed by atoms with Crippen molar-refractivity contribution in [2.75, 3.05) is 13.2 Å². The number of amides is 2. The van der Waals surface area contributed by atoms with Gasteiger partial charge in [0, 0.05) is 24.6 Å². The highest BCUT2D eigenvalue weighted by atomic mass is 16.5. The van der Waals surface area contributed by atoms with E-state index in [4.69, 9.17) is 9.15 Å². The van der Waals surface area contributed by atoms with E-state index >= 15 is 0 Å². The number of hydrogen-bond acceptors (Lipinski definition) is 4. The highest BCUT2D eigenvalue weighted by Gasteiger charge is 2.59. The molecule has 6 nitrogen and oxygen atoms in total. The third-order valence-electron chi connectivity index (χ3n) is 6.30. The van der Waals surface area contributed by atoms with E-state index in [1.54, 1.807) is 17.0 Å². The van der Waals surface area contributed by atoms with E-state index in [2.05, 4.69) is 5.32 Å². The van der Waals surface area contributed by atoms with Gasteiger partial charge in [-0.1, -0.05) is 6.42 Å². The number of hydrogen-bond donors (Lipinski definition) is 1. The highest BCUT2D eigenvalue weighted by molar-refractivity contribution is 5.96. The van der Waals surface area contributed by atoms with Crippen LogP contribution in [-0.4, -0.2) is 48.1 Å². The van der Waals surface area contributed by atoms with Crippen LogP contribution in [0.3, 0.4) is 0 Å². The third-order valence-corrected chi connectivity index (χ3v) is 6.30. The molecule has 3 aliphatic rings. The molecule has 1 spiro atoms. The second kappa shape index (κ2) is 6.48. The maximum absolute atomic E-state index is 12.8. The number of carbonyl (C=O) groups is 2. The van der Waals surface area contributed by atoms with Crippen LogP contribution in [0.2, 0.25) is 0 Å². The second-order valence-corrected chi connectivity index (χ2v) is 7.46. The summed E-state index contributed by atoms with van der Waals surface area (Å²) in [5.74, 6) is 0.0839. The van der Waals surface area contributed by atoms with Crippen LogP contribution in [0, 0.1) is 5.41 Å². The Morgan fingerprint density at radius 3 is 2.88 bits per heavy atom. The molecule has 6 heteroatoms. The fourth-order valence-electron chi connectivity index (χ4n) is 4.73. The second-order valence-electron chi connectivity index (χ2n) is 7.46. The molecule has 2 heterocycles. The average molecular weight is 346 g/mol. The first-order valence-corrected chi connectivity index (χ1v) is 9.42. The van der Waals surface area contributed by atoms with Crippen LogP contribution in [0.25, 0.3) is 0 Å². The van der Waals surface area contributed by atoms with Crippen molar-refractivity contribution in [2.24, 2.45) is 5.41 Å². The molecule has 1 N–H and O–H groups in total. The van der Waals surface area contributed by atoms with Crippen molar-refractivity contribution in [3.63, 3.8) is 0 Å². The summed E-state index contributed by atoms with van der Waals surface area (Å²) in [5, 5.41) is 3.23. The van der Waals surface area contributed by atoms with Crippen molar-refractivity contribution < 1.29 is 18.7 Å². The van der Waals surface area contributed by atoms with Crippen molar-refractivity contribution >= 4 is 11.8 Å². The van der Waals surface area contributed by atoms with Gasteiger partial charge in [-0.25, -0.2) is 0 Å². The quantitative estimate of drug-likeness (QED) is 0.888. The molecule has 0 unspecified atom stereocenters. The van der Waals surface area contributed by atoms with Crippen LogP contribution in [0.1, 0.15) is 56.0 Å². The minimum Gasteiger partial charge on any atom is -0.459 e. The zero-order valence-corrected chi connectivity index (χ0v) is 14.7. The first-order chi connectivity index (χ1) is 12.2. The standard InChI is InChI=1S/C19H26N2O4/c1-2-24-16-12-15(19(16)8-5-9-19)20-17(22)13-6-3-10-21(13)18(23)14-7-4-11-25-14/h4,7,11,13,15-16H,2-3,5-6,8-10,12H2,1H3,(H,20,22)/t13-,15+,16+/m0/s1. The van der Waals surface area contributed by atoms with Crippen LogP contribution < -0.4 is 5.32 Å². The fourth-order valence-corrected chi connectivity index (χ4v) is 4.73. The van der Waals surface area contributed by atoms with Gasteiger partial charge in [-0.2, -0.15) is 0 Å². The Morgan fingerprint density at radius 2 is 2.24 bits per heavy atom. The van der Waals surface area contributed by atoms with Crippen LogP contribution in [0.5, 0.6) is 0 Å². The van der Waals surface area contributed by atoms with Gasteiger partial charge < -0.3 is 19.4 Å². The van der Waals surface area contributed by atoms with Crippen molar-refractivity contribution in [2.45, 2.75) is 63.6 Å². The Bertz CT molecular complexity index is 638. The maximum atomic E-state index is 12.8. The normalized spacial score (nSPS) is 30.0. The molecule has 25 heavy (non-hydrogen) atoms. The molecule has 2 amide bonds. The summed E-state index contributed by atoms with van der Waals surface area (Å²) in [6, 6.07) is 3.14. The van der Waals surface area contributed by atoms with E-state index in [0.717, 1.165) is 32.3 Å². The van der Waals surface area contributed by atoms with Crippen LogP contribution in [-0.2, 0) is 9.53 Å². The lowest BCUT2D eigenvalue weighted by Crippen LogP contribution is -2.68. The molecule has 3 fully saturated rings. The monoisotopic (exact) mass is 346 g/mol. The Balaban J connectivity index is 1.40. The topological polar surface area (TPSA) is 71.8 Å². The van der Waals surface area contributed by atoms with E-state index in [0.29, 0.717) is 18.7 Å².